The van der Waals surface area contributed by atoms with Crippen molar-refractivity contribution in [2.24, 2.45) is 4.99 Å². The van der Waals surface area contributed by atoms with Crippen molar-refractivity contribution in [2.45, 2.75) is 59.7 Å². The summed E-state index contributed by atoms with van der Waals surface area (Å²) in [6.45, 7) is 18.7. The smallest absolute Gasteiger partial charge is 0.191 e. The second kappa shape index (κ2) is 14.0. The first kappa shape index (κ1) is 24.8. The van der Waals surface area contributed by atoms with Crippen LogP contribution in [-0.2, 0) is 13.0 Å². The number of hydrogen-bond donors (Lipinski definition) is 2. The Hall–Kier alpha value is -1.16. The van der Waals surface area contributed by atoms with Crippen molar-refractivity contribution in [3.63, 3.8) is 0 Å². The topological polar surface area (TPSA) is 70.4 Å². The van der Waals surface area contributed by atoms with E-state index < -0.39 is 0 Å². The average molecular weight is 477 g/mol. The minimum atomic E-state index is 0. The molecule has 0 saturated heterocycles. The van der Waals surface area contributed by atoms with Gasteiger partial charge in [0.15, 0.2) is 5.96 Å². The third-order valence-electron chi connectivity index (χ3n) is 4.03. The third-order valence-corrected chi connectivity index (χ3v) is 4.03. The molecule has 1 aromatic heterocycles. The lowest BCUT2D eigenvalue weighted by Gasteiger charge is -2.29. The number of halogens is 1. The zero-order chi connectivity index (χ0) is 18.7. The largest absolute Gasteiger partial charge is 0.355 e. The normalized spacial score (nSPS) is 11.8. The fourth-order valence-corrected chi connectivity index (χ4v) is 2.77. The van der Waals surface area contributed by atoms with E-state index in [1.165, 1.54) is 0 Å². The molecule has 8 heteroatoms. The zero-order valence-electron chi connectivity index (χ0n) is 16.9. The molecule has 26 heavy (non-hydrogen) atoms. The van der Waals surface area contributed by atoms with Crippen molar-refractivity contribution >= 4 is 29.9 Å². The summed E-state index contributed by atoms with van der Waals surface area (Å²) in [5.74, 6) is 1.82. The van der Waals surface area contributed by atoms with Gasteiger partial charge in [-0.1, -0.05) is 13.0 Å². The van der Waals surface area contributed by atoms with Gasteiger partial charge in [0.2, 0.25) is 0 Å². The number of aliphatic imine (C=N–C) groups is 1. The van der Waals surface area contributed by atoms with E-state index >= 15 is 0 Å². The molecule has 0 aliphatic heterocycles. The molecule has 0 bridgehead atoms. The molecule has 0 atom stereocenters. The van der Waals surface area contributed by atoms with Crippen LogP contribution in [0.1, 0.15) is 40.4 Å². The lowest BCUT2D eigenvalue weighted by atomic mass is 10.2. The number of guanidine groups is 1. The number of rotatable bonds is 11. The van der Waals surface area contributed by atoms with Crippen molar-refractivity contribution < 1.29 is 0 Å². The Balaban J connectivity index is 0.00000625. The predicted molar refractivity (Wildman–Crippen MR) is 120 cm³/mol. The van der Waals surface area contributed by atoms with Crippen LogP contribution in [0.2, 0.25) is 0 Å². The maximum absolute atomic E-state index is 4.69. The molecule has 1 heterocycles. The van der Waals surface area contributed by atoms with Crippen LogP contribution >= 0.6 is 24.0 Å². The van der Waals surface area contributed by atoms with Gasteiger partial charge in [-0.25, -0.2) is 0 Å². The summed E-state index contributed by atoms with van der Waals surface area (Å²) < 4.78 is 2.07. The van der Waals surface area contributed by atoms with Gasteiger partial charge in [-0.3, -0.25) is 9.89 Å². The third kappa shape index (κ3) is 8.98. The Morgan fingerprint density at radius 3 is 2.58 bits per heavy atom. The molecule has 7 nitrogen and oxygen atoms in total. The summed E-state index contributed by atoms with van der Waals surface area (Å²) in [5.41, 5.74) is 0. The van der Waals surface area contributed by atoms with E-state index in [-0.39, 0.29) is 24.0 Å². The molecular weight excluding hydrogens is 441 g/mol. The number of nitrogens with one attached hydrogen (secondary N) is 2. The van der Waals surface area contributed by atoms with Crippen LogP contribution < -0.4 is 10.6 Å². The van der Waals surface area contributed by atoms with Gasteiger partial charge in [0.1, 0.15) is 12.2 Å². The molecule has 2 N–H and O–H groups in total. The fraction of sp³-hybridized carbons (Fsp3) is 0.722. The highest BCUT2D eigenvalue weighted by atomic mass is 127. The van der Waals surface area contributed by atoms with Crippen LogP contribution in [0.25, 0.3) is 0 Å². The molecule has 0 amide bonds. The van der Waals surface area contributed by atoms with Gasteiger partial charge >= 0.3 is 0 Å². The minimum Gasteiger partial charge on any atom is -0.355 e. The van der Waals surface area contributed by atoms with Gasteiger partial charge in [-0.2, -0.15) is 0 Å². The molecule has 0 aliphatic rings. The lowest BCUT2D eigenvalue weighted by Crippen LogP contribution is -2.41. The molecule has 0 spiro atoms. The van der Waals surface area contributed by atoms with Crippen molar-refractivity contribution in [3.8, 4) is 0 Å². The monoisotopic (exact) mass is 477 g/mol. The number of nitrogens with zero attached hydrogens (tertiary/aromatic N) is 5. The van der Waals surface area contributed by atoms with Crippen LogP contribution in [0.3, 0.4) is 0 Å². The predicted octanol–water partition coefficient (Wildman–Crippen LogP) is 2.30. The van der Waals surface area contributed by atoms with Crippen molar-refractivity contribution in [3.05, 3.63) is 24.8 Å². The first-order valence-electron chi connectivity index (χ1n) is 9.25. The summed E-state index contributed by atoms with van der Waals surface area (Å²) in [5, 5.41) is 14.7. The second-order valence-electron chi connectivity index (χ2n) is 6.55. The molecule has 0 aromatic carbocycles. The molecule has 0 unspecified atom stereocenters. The Bertz CT molecular complexity index is 517. The van der Waals surface area contributed by atoms with E-state index in [0.29, 0.717) is 18.6 Å². The zero-order valence-corrected chi connectivity index (χ0v) is 19.2. The van der Waals surface area contributed by atoms with E-state index in [4.69, 9.17) is 4.99 Å². The number of hydrogen-bond acceptors (Lipinski definition) is 4. The molecule has 0 radical (unpaired) electrons. The van der Waals surface area contributed by atoms with E-state index in [0.717, 1.165) is 44.4 Å². The van der Waals surface area contributed by atoms with Crippen molar-refractivity contribution in [1.82, 2.24) is 30.3 Å². The van der Waals surface area contributed by atoms with Gasteiger partial charge in [0.05, 0.1) is 6.54 Å². The number of aryl methyl sites for hydroxylation is 1. The van der Waals surface area contributed by atoms with Gasteiger partial charge in [0.25, 0.3) is 0 Å². The van der Waals surface area contributed by atoms with E-state index in [1.807, 2.05) is 6.08 Å². The first-order valence-corrected chi connectivity index (χ1v) is 9.25. The standard InChI is InChI=1S/C18H35N7.HI/c1-7-9-19-18(21-11-13-25(15(3)4)16(5)6)20-10-12-24-14-22-23-17(24)8-2;/h7,14-16H,1,8-13H2,2-6H3,(H2,19,20,21);1H. The summed E-state index contributed by atoms with van der Waals surface area (Å²) in [6, 6.07) is 1.04. The summed E-state index contributed by atoms with van der Waals surface area (Å²) >= 11 is 0. The maximum atomic E-state index is 4.69. The summed E-state index contributed by atoms with van der Waals surface area (Å²) in [4.78, 5) is 7.14. The Labute approximate surface area is 175 Å². The highest BCUT2D eigenvalue weighted by Crippen LogP contribution is 2.03. The minimum absolute atomic E-state index is 0. The maximum Gasteiger partial charge on any atom is 0.191 e. The van der Waals surface area contributed by atoms with Crippen molar-refractivity contribution in [1.29, 1.82) is 0 Å². The number of aromatic nitrogens is 3. The fourth-order valence-electron chi connectivity index (χ4n) is 2.77. The first-order chi connectivity index (χ1) is 12.0. The van der Waals surface area contributed by atoms with Crippen LogP contribution in [0.5, 0.6) is 0 Å². The molecule has 1 rings (SSSR count). The van der Waals surface area contributed by atoms with Gasteiger partial charge in [-0.05, 0) is 27.7 Å². The van der Waals surface area contributed by atoms with Crippen LogP contribution in [-0.4, -0.2) is 63.9 Å². The van der Waals surface area contributed by atoms with Gasteiger partial charge < -0.3 is 15.2 Å². The Morgan fingerprint density at radius 1 is 1.31 bits per heavy atom. The molecule has 0 fully saturated rings. The van der Waals surface area contributed by atoms with Gasteiger partial charge in [-0.15, -0.1) is 40.8 Å². The molecule has 0 saturated carbocycles. The van der Waals surface area contributed by atoms with Crippen LogP contribution in [0.4, 0.5) is 0 Å². The summed E-state index contributed by atoms with van der Waals surface area (Å²) in [6.07, 6.45) is 4.49. The quantitative estimate of drug-likeness (QED) is 0.222. The van der Waals surface area contributed by atoms with E-state index in [2.05, 4.69) is 71.5 Å². The molecule has 150 valence electrons. The second-order valence-corrected chi connectivity index (χ2v) is 6.55. The molecule has 0 aliphatic carbocycles. The molecule has 1 aromatic rings. The van der Waals surface area contributed by atoms with Gasteiger partial charge in [0, 0.05) is 44.7 Å². The highest BCUT2D eigenvalue weighted by molar-refractivity contribution is 14.0. The van der Waals surface area contributed by atoms with Crippen molar-refractivity contribution in [2.75, 3.05) is 26.2 Å². The van der Waals surface area contributed by atoms with Crippen LogP contribution in [0, 0.1) is 0 Å². The average Bonchev–Trinajstić information content (AvgIpc) is 3.02. The SMILES string of the molecule is C=CCNC(=NCCN(C(C)C)C(C)C)NCCn1cnnc1CC.I. The Kier molecular flexibility index (Phi) is 13.3. The summed E-state index contributed by atoms with van der Waals surface area (Å²) in [7, 11) is 0. The van der Waals surface area contributed by atoms with Crippen LogP contribution in [0.15, 0.2) is 24.0 Å². The molecular formula is C18H36IN7. The Morgan fingerprint density at radius 2 is 2.00 bits per heavy atom. The lowest BCUT2D eigenvalue weighted by molar-refractivity contribution is 0.181. The van der Waals surface area contributed by atoms with E-state index in [9.17, 15) is 0 Å². The van der Waals surface area contributed by atoms with E-state index in [1.54, 1.807) is 6.33 Å². The highest BCUT2D eigenvalue weighted by Gasteiger charge is 2.12.